The quantitative estimate of drug-likeness (QED) is 0.693. The van der Waals surface area contributed by atoms with E-state index in [2.05, 4.69) is 18.2 Å². The molecule has 0 heterocycles. The average Bonchev–Trinajstić information content (AvgIpc) is 2.87. The first kappa shape index (κ1) is 17.2. The summed E-state index contributed by atoms with van der Waals surface area (Å²) < 4.78 is 0. The normalized spacial score (nSPS) is 19.1. The van der Waals surface area contributed by atoms with E-state index < -0.39 is 0 Å². The van der Waals surface area contributed by atoms with Crippen molar-refractivity contribution >= 4 is 11.5 Å². The molecule has 0 spiro atoms. The van der Waals surface area contributed by atoms with Crippen LogP contribution in [-0.2, 0) is 0 Å². The van der Waals surface area contributed by atoms with E-state index in [1.807, 2.05) is 78.9 Å². The topological polar surface area (TPSA) is 40.9 Å². The molecule has 0 fully saturated rings. The van der Waals surface area contributed by atoms with Gasteiger partial charge in [-0.1, -0.05) is 91.0 Å². The predicted molar refractivity (Wildman–Crippen MR) is 110 cm³/mol. The molecule has 0 aromatic heterocycles. The summed E-state index contributed by atoms with van der Waals surface area (Å²) in [6.45, 7) is 0. The second-order valence-corrected chi connectivity index (χ2v) is 6.91. The lowest BCUT2D eigenvalue weighted by atomic mass is 9.76. The number of nitrogens with one attached hydrogen (secondary N) is 1. The summed E-state index contributed by atoms with van der Waals surface area (Å²) in [7, 11) is 0. The van der Waals surface area contributed by atoms with Crippen molar-refractivity contribution in [1.82, 2.24) is 0 Å². The SMILES string of the molecule is N=C1C=C2C=CC=CC=C2C1C(CC(=O)c1ccccc1)c1ccccc1. The molecule has 1 N–H and O–H groups in total. The number of carbonyl (C=O) groups is 1. The molecular formula is C25H21NO. The molecule has 2 atom stereocenters. The summed E-state index contributed by atoms with van der Waals surface area (Å²) in [5.74, 6) is -0.0558. The Bertz CT molecular complexity index is 977. The second-order valence-electron chi connectivity index (χ2n) is 6.91. The Morgan fingerprint density at radius 2 is 1.63 bits per heavy atom. The number of hydrogen-bond acceptors (Lipinski definition) is 2. The lowest BCUT2D eigenvalue weighted by Gasteiger charge is -2.26. The van der Waals surface area contributed by atoms with Crippen LogP contribution in [0, 0.1) is 11.3 Å². The van der Waals surface area contributed by atoms with Gasteiger partial charge in [-0.3, -0.25) is 4.79 Å². The number of carbonyl (C=O) groups excluding carboxylic acids is 1. The number of allylic oxidation sites excluding steroid dienone is 8. The Balaban J connectivity index is 1.72. The summed E-state index contributed by atoms with van der Waals surface area (Å²) >= 11 is 0. The number of benzene rings is 2. The van der Waals surface area contributed by atoms with Crippen molar-refractivity contribution in [2.24, 2.45) is 5.92 Å². The average molecular weight is 351 g/mol. The maximum absolute atomic E-state index is 13.0. The van der Waals surface area contributed by atoms with Crippen molar-refractivity contribution in [2.45, 2.75) is 12.3 Å². The van der Waals surface area contributed by atoms with Crippen LogP contribution in [0.15, 0.2) is 108 Å². The third-order valence-electron chi connectivity index (χ3n) is 5.22. The van der Waals surface area contributed by atoms with Crippen LogP contribution < -0.4 is 0 Å². The number of Topliss-reactive ketones (excluding diaryl/α,β-unsaturated/α-hetero) is 1. The molecule has 132 valence electrons. The van der Waals surface area contributed by atoms with Gasteiger partial charge in [0.2, 0.25) is 0 Å². The summed E-state index contributed by atoms with van der Waals surface area (Å²) in [5, 5.41) is 8.61. The van der Waals surface area contributed by atoms with E-state index in [0.717, 1.165) is 22.3 Å². The molecule has 0 bridgehead atoms. The summed E-state index contributed by atoms with van der Waals surface area (Å²) in [5.41, 5.74) is 4.60. The van der Waals surface area contributed by atoms with Crippen LogP contribution in [-0.4, -0.2) is 11.5 Å². The first-order valence-electron chi connectivity index (χ1n) is 9.22. The minimum Gasteiger partial charge on any atom is -0.305 e. The van der Waals surface area contributed by atoms with Crippen molar-refractivity contribution in [3.63, 3.8) is 0 Å². The molecule has 0 aliphatic heterocycles. The minimum atomic E-state index is -0.109. The van der Waals surface area contributed by atoms with Gasteiger partial charge < -0.3 is 5.41 Å². The van der Waals surface area contributed by atoms with E-state index in [0.29, 0.717) is 12.1 Å². The molecular weight excluding hydrogens is 330 g/mol. The lowest BCUT2D eigenvalue weighted by molar-refractivity contribution is 0.0971. The fraction of sp³-hybridized carbons (Fsp3) is 0.120. The fourth-order valence-electron chi connectivity index (χ4n) is 3.92. The van der Waals surface area contributed by atoms with E-state index in [-0.39, 0.29) is 17.6 Å². The number of hydrogen-bond donors (Lipinski definition) is 1. The first-order chi connectivity index (χ1) is 13.2. The zero-order valence-corrected chi connectivity index (χ0v) is 15.0. The van der Waals surface area contributed by atoms with Crippen LogP contribution in [0.5, 0.6) is 0 Å². The number of fused-ring (bicyclic) bond motifs is 1. The predicted octanol–water partition coefficient (Wildman–Crippen LogP) is 5.67. The largest absolute Gasteiger partial charge is 0.305 e. The zero-order valence-electron chi connectivity index (χ0n) is 15.0. The Hall–Kier alpha value is -3.26. The molecule has 2 aliphatic carbocycles. The van der Waals surface area contributed by atoms with Gasteiger partial charge >= 0.3 is 0 Å². The van der Waals surface area contributed by atoms with Gasteiger partial charge in [-0.25, -0.2) is 0 Å². The molecule has 2 aromatic carbocycles. The van der Waals surface area contributed by atoms with E-state index >= 15 is 0 Å². The molecule has 0 saturated carbocycles. The third kappa shape index (κ3) is 3.52. The Morgan fingerprint density at radius 1 is 0.926 bits per heavy atom. The van der Waals surface area contributed by atoms with Crippen molar-refractivity contribution in [2.75, 3.05) is 0 Å². The zero-order chi connectivity index (χ0) is 18.6. The van der Waals surface area contributed by atoms with E-state index in [9.17, 15) is 4.79 Å². The van der Waals surface area contributed by atoms with Gasteiger partial charge in [0.1, 0.15) is 0 Å². The molecule has 27 heavy (non-hydrogen) atoms. The van der Waals surface area contributed by atoms with Crippen molar-refractivity contribution in [3.8, 4) is 0 Å². The Morgan fingerprint density at radius 3 is 2.37 bits per heavy atom. The summed E-state index contributed by atoms with van der Waals surface area (Å²) in [4.78, 5) is 13.0. The summed E-state index contributed by atoms with van der Waals surface area (Å²) in [6, 6.07) is 19.6. The molecule has 2 aliphatic rings. The standard InChI is InChI=1S/C25H21NO/c26-23-16-20-14-8-3-9-15-21(20)25(23)22(18-10-4-1-5-11-18)17-24(27)19-12-6-2-7-13-19/h1-16,22,25-26H,17H2. The number of rotatable bonds is 5. The van der Waals surface area contributed by atoms with Crippen molar-refractivity contribution in [3.05, 3.63) is 119 Å². The highest BCUT2D eigenvalue weighted by Gasteiger charge is 2.35. The molecule has 2 unspecified atom stereocenters. The highest BCUT2D eigenvalue weighted by atomic mass is 16.1. The van der Waals surface area contributed by atoms with E-state index in [1.165, 1.54) is 0 Å². The minimum absolute atomic E-state index is 0.0636. The highest BCUT2D eigenvalue weighted by Crippen LogP contribution is 2.42. The van der Waals surface area contributed by atoms with Crippen molar-refractivity contribution < 1.29 is 4.79 Å². The van der Waals surface area contributed by atoms with E-state index in [1.54, 1.807) is 0 Å². The molecule has 2 heteroatoms. The molecule has 2 nitrogen and oxygen atoms in total. The molecule has 4 rings (SSSR count). The second kappa shape index (κ2) is 7.55. The molecule has 2 aromatic rings. The van der Waals surface area contributed by atoms with Crippen LogP contribution in [0.2, 0.25) is 0 Å². The highest BCUT2D eigenvalue weighted by molar-refractivity contribution is 6.04. The smallest absolute Gasteiger partial charge is 0.163 e. The third-order valence-corrected chi connectivity index (χ3v) is 5.22. The Labute approximate surface area is 159 Å². The van der Waals surface area contributed by atoms with Gasteiger partial charge in [0, 0.05) is 29.5 Å². The summed E-state index contributed by atoms with van der Waals surface area (Å²) in [6.07, 6.45) is 12.5. The molecule has 0 amide bonds. The molecule has 0 radical (unpaired) electrons. The van der Waals surface area contributed by atoms with Gasteiger partial charge in [0.25, 0.3) is 0 Å². The monoisotopic (exact) mass is 351 g/mol. The first-order valence-corrected chi connectivity index (χ1v) is 9.22. The van der Waals surface area contributed by atoms with Crippen LogP contribution in [0.4, 0.5) is 0 Å². The van der Waals surface area contributed by atoms with Crippen LogP contribution in [0.1, 0.15) is 28.3 Å². The molecule has 0 saturated heterocycles. The van der Waals surface area contributed by atoms with E-state index in [4.69, 9.17) is 5.41 Å². The van der Waals surface area contributed by atoms with Crippen LogP contribution in [0.3, 0.4) is 0 Å². The van der Waals surface area contributed by atoms with Gasteiger partial charge in [0.05, 0.1) is 0 Å². The van der Waals surface area contributed by atoms with Gasteiger partial charge in [-0.05, 0) is 22.8 Å². The van der Waals surface area contributed by atoms with Gasteiger partial charge in [-0.2, -0.15) is 0 Å². The van der Waals surface area contributed by atoms with Gasteiger partial charge in [-0.15, -0.1) is 0 Å². The number of ketones is 1. The Kier molecular flexibility index (Phi) is 4.80. The van der Waals surface area contributed by atoms with Gasteiger partial charge in [0.15, 0.2) is 5.78 Å². The maximum atomic E-state index is 13.0. The van der Waals surface area contributed by atoms with Crippen LogP contribution in [0.25, 0.3) is 0 Å². The lowest BCUT2D eigenvalue weighted by Crippen LogP contribution is -2.22. The van der Waals surface area contributed by atoms with Crippen molar-refractivity contribution in [1.29, 1.82) is 5.41 Å². The fourth-order valence-corrected chi connectivity index (χ4v) is 3.92. The van der Waals surface area contributed by atoms with Crippen LogP contribution >= 0.6 is 0 Å². The maximum Gasteiger partial charge on any atom is 0.163 e.